The van der Waals surface area contributed by atoms with Crippen LogP contribution in [0, 0.1) is 5.92 Å². The Kier molecular flexibility index (Phi) is 6.28. The minimum Gasteiger partial charge on any atom is -0.858 e. The van der Waals surface area contributed by atoms with Gasteiger partial charge in [0, 0.05) is 35.6 Å². The molecule has 0 aromatic carbocycles. The summed E-state index contributed by atoms with van der Waals surface area (Å²) in [5.74, 6) is 0.320. The number of hydrogen-bond donors (Lipinski definition) is 0. The van der Waals surface area contributed by atoms with Crippen LogP contribution in [0.25, 0.3) is 0 Å². The lowest BCUT2D eigenvalue weighted by Crippen LogP contribution is -2.67. The van der Waals surface area contributed by atoms with Crippen LogP contribution in [0.4, 0.5) is 5.82 Å². The molecule has 33 heavy (non-hydrogen) atoms. The summed E-state index contributed by atoms with van der Waals surface area (Å²) in [6.07, 6.45) is 6.61. The summed E-state index contributed by atoms with van der Waals surface area (Å²) in [6, 6.07) is 5.64. The van der Waals surface area contributed by atoms with Crippen LogP contribution < -0.4 is 5.11 Å². The molecule has 1 unspecified atom stereocenters. The molecule has 0 radical (unpaired) electrons. The van der Waals surface area contributed by atoms with Crippen LogP contribution in [0.5, 0.6) is 0 Å². The Morgan fingerprint density at radius 3 is 2.79 bits per heavy atom. The number of esters is 1. The van der Waals surface area contributed by atoms with Gasteiger partial charge in [0.2, 0.25) is 0 Å². The van der Waals surface area contributed by atoms with Crippen LogP contribution in [0.2, 0.25) is 0 Å². The van der Waals surface area contributed by atoms with Crippen molar-refractivity contribution in [2.45, 2.75) is 50.7 Å². The summed E-state index contributed by atoms with van der Waals surface area (Å²) in [4.78, 5) is 21.2. The van der Waals surface area contributed by atoms with Crippen molar-refractivity contribution in [3.63, 3.8) is 0 Å². The van der Waals surface area contributed by atoms with Gasteiger partial charge in [0.15, 0.2) is 17.5 Å². The number of thiophene rings is 1. The number of fused-ring (bicyclic) bond motifs is 3. The predicted octanol–water partition coefficient (Wildman–Crippen LogP) is 2.68. The van der Waals surface area contributed by atoms with Gasteiger partial charge in [-0.05, 0) is 44.3 Å². The summed E-state index contributed by atoms with van der Waals surface area (Å²) >= 11 is 1.62. The minimum atomic E-state index is -0.760. The highest BCUT2D eigenvalue weighted by Crippen LogP contribution is 2.39. The molecule has 9 heteroatoms. The lowest BCUT2D eigenvalue weighted by Gasteiger charge is -2.53. The molecule has 0 amide bonds. The third-order valence-corrected chi connectivity index (χ3v) is 8.90. The van der Waals surface area contributed by atoms with Crippen molar-refractivity contribution in [3.05, 3.63) is 34.7 Å². The number of hydrogen-bond acceptors (Lipinski definition) is 8. The fourth-order valence-electron chi connectivity index (χ4n) is 5.83. The lowest BCUT2D eigenvalue weighted by atomic mass is 9.83. The number of aromatic nitrogens is 1. The normalized spacial score (nSPS) is 30.2. The molecule has 4 aliphatic rings. The van der Waals surface area contributed by atoms with E-state index in [0.717, 1.165) is 56.7 Å². The Morgan fingerprint density at radius 2 is 2.12 bits per heavy atom. The van der Waals surface area contributed by atoms with Gasteiger partial charge in [-0.25, -0.2) is 9.79 Å². The summed E-state index contributed by atoms with van der Waals surface area (Å²) in [5.41, 5.74) is -0.760. The quantitative estimate of drug-likeness (QED) is 0.266. The van der Waals surface area contributed by atoms with Gasteiger partial charge in [-0.2, -0.15) is 0 Å². The highest BCUT2D eigenvalue weighted by molar-refractivity contribution is 7.10. The second-order valence-electron chi connectivity index (χ2n) is 9.87. The van der Waals surface area contributed by atoms with E-state index in [-0.39, 0.29) is 18.0 Å². The van der Waals surface area contributed by atoms with E-state index in [1.54, 1.807) is 17.4 Å². The Hall–Kier alpha value is -2.23. The van der Waals surface area contributed by atoms with Crippen molar-refractivity contribution in [2.24, 2.45) is 10.9 Å². The van der Waals surface area contributed by atoms with Gasteiger partial charge in [0.05, 0.1) is 13.1 Å². The van der Waals surface area contributed by atoms with E-state index in [9.17, 15) is 9.90 Å². The number of likely N-dealkylation sites (tertiary alicyclic amines) is 1. The van der Waals surface area contributed by atoms with Gasteiger partial charge in [-0.1, -0.05) is 17.6 Å². The Morgan fingerprint density at radius 1 is 1.33 bits per heavy atom. The van der Waals surface area contributed by atoms with E-state index in [1.807, 2.05) is 18.4 Å². The second-order valence-corrected chi connectivity index (χ2v) is 10.8. The maximum absolute atomic E-state index is 13.8. The van der Waals surface area contributed by atoms with E-state index in [2.05, 4.69) is 21.1 Å². The van der Waals surface area contributed by atoms with Gasteiger partial charge in [-0.3, -0.25) is 4.90 Å². The molecule has 6 heterocycles. The molecule has 8 nitrogen and oxygen atoms in total. The molecule has 2 aromatic heterocycles. The first-order valence-corrected chi connectivity index (χ1v) is 12.9. The molecule has 178 valence electrons. The third-order valence-electron chi connectivity index (χ3n) is 7.82. The Bertz CT molecular complexity index is 963. The van der Waals surface area contributed by atoms with Crippen molar-refractivity contribution < 1.29 is 23.6 Å². The molecule has 2 bridgehead atoms. The van der Waals surface area contributed by atoms with Crippen molar-refractivity contribution in [1.82, 2.24) is 10.1 Å². The first-order chi connectivity index (χ1) is 16.0. The summed E-state index contributed by atoms with van der Waals surface area (Å²) in [5, 5.41) is 18.4. The molecule has 2 aromatic rings. The third kappa shape index (κ3) is 4.46. The zero-order valence-electron chi connectivity index (χ0n) is 19.1. The van der Waals surface area contributed by atoms with Gasteiger partial charge < -0.3 is 18.8 Å². The molecule has 4 saturated heterocycles. The van der Waals surface area contributed by atoms with E-state index in [1.165, 1.54) is 12.7 Å². The van der Waals surface area contributed by atoms with Crippen molar-refractivity contribution >= 4 is 29.0 Å². The van der Waals surface area contributed by atoms with Gasteiger partial charge in [0.1, 0.15) is 19.4 Å². The van der Waals surface area contributed by atoms with Crippen molar-refractivity contribution in [1.29, 1.82) is 0 Å². The summed E-state index contributed by atoms with van der Waals surface area (Å²) in [7, 11) is 0. The van der Waals surface area contributed by atoms with Crippen LogP contribution in [0.15, 0.2) is 39.4 Å². The highest BCUT2D eigenvalue weighted by Gasteiger charge is 2.51. The molecule has 4 aliphatic heterocycles. The molecule has 4 fully saturated rings. The first-order valence-electron chi connectivity index (χ1n) is 12.0. The molecular formula is C24H32N4O4S. The maximum Gasteiger partial charge on any atom is 0.332 e. The molecule has 0 N–H and O–H groups in total. The number of carbonyl (C=O) groups is 1. The van der Waals surface area contributed by atoms with Crippen LogP contribution >= 0.6 is 11.3 Å². The minimum absolute atomic E-state index is 0.151. The SMILES string of the molecule is CC(C(=O)O[C@@H]1C[N+]2(CC([O-])=Nc3ccon3)CCC1CC2)(c1cccs1)N1CCCCC1. The number of rotatable bonds is 7. The van der Waals surface area contributed by atoms with E-state index in [4.69, 9.17) is 9.26 Å². The van der Waals surface area contributed by atoms with Gasteiger partial charge >= 0.3 is 5.97 Å². The summed E-state index contributed by atoms with van der Waals surface area (Å²) < 4.78 is 11.7. The maximum atomic E-state index is 13.8. The van der Waals surface area contributed by atoms with E-state index in [0.29, 0.717) is 29.3 Å². The van der Waals surface area contributed by atoms with Crippen molar-refractivity contribution in [2.75, 3.05) is 39.3 Å². The fourth-order valence-corrected chi connectivity index (χ4v) is 6.73. The number of nitrogens with zero attached hydrogens (tertiary/aromatic N) is 4. The number of piperidine rings is 4. The van der Waals surface area contributed by atoms with E-state index < -0.39 is 5.54 Å². The Labute approximate surface area is 198 Å². The molecule has 0 aliphatic carbocycles. The number of carbonyl (C=O) groups excluding carboxylic acids is 1. The molecule has 0 saturated carbocycles. The second kappa shape index (κ2) is 9.19. The molecular weight excluding hydrogens is 440 g/mol. The highest BCUT2D eigenvalue weighted by atomic mass is 32.1. The standard InChI is InChI=1S/C24H32N4O4S/c1-24(20-6-5-15-33-20,27-10-3-2-4-11-27)23(30)32-19-16-28(12-7-18(19)8-13-28)17-22(29)25-21-9-14-31-26-21/h5-6,9,14-15,18-19H,2-4,7-8,10-13,16-17H2,1H3/t18?,19-,24?,28?/m1/s1. The number of aliphatic imine (C=N–C) groups is 1. The largest absolute Gasteiger partial charge is 0.858 e. The molecule has 0 spiro atoms. The van der Waals surface area contributed by atoms with Crippen LogP contribution in [0.1, 0.15) is 43.9 Å². The smallest absolute Gasteiger partial charge is 0.332 e. The molecule has 6 rings (SSSR count). The predicted molar refractivity (Wildman–Crippen MR) is 123 cm³/mol. The van der Waals surface area contributed by atoms with Crippen molar-refractivity contribution in [3.8, 4) is 0 Å². The zero-order chi connectivity index (χ0) is 22.9. The topological polar surface area (TPSA) is 91.0 Å². The fraction of sp³-hybridized carbons (Fsp3) is 0.625. The van der Waals surface area contributed by atoms with Gasteiger partial charge in [0.25, 0.3) is 0 Å². The van der Waals surface area contributed by atoms with Crippen LogP contribution in [-0.4, -0.2) is 71.8 Å². The number of ether oxygens (including phenoxy) is 1. The monoisotopic (exact) mass is 472 g/mol. The summed E-state index contributed by atoms with van der Waals surface area (Å²) in [6.45, 7) is 6.68. The average molecular weight is 473 g/mol. The van der Waals surface area contributed by atoms with E-state index >= 15 is 0 Å². The van der Waals surface area contributed by atoms with Gasteiger partial charge in [-0.15, -0.1) is 11.3 Å². The average Bonchev–Trinajstić information content (AvgIpc) is 3.54. The molecule has 2 atom stereocenters. The van der Waals surface area contributed by atoms with Crippen LogP contribution in [0.3, 0.4) is 0 Å². The lowest BCUT2D eigenvalue weighted by molar-refractivity contribution is -0.940. The number of quaternary nitrogens is 1. The Balaban J connectivity index is 1.32. The zero-order valence-corrected chi connectivity index (χ0v) is 20.0. The first kappa shape index (κ1) is 22.6. The van der Waals surface area contributed by atoms with Crippen LogP contribution in [-0.2, 0) is 15.1 Å².